The predicted octanol–water partition coefficient (Wildman–Crippen LogP) is 3.86. The second kappa shape index (κ2) is 6.48. The van der Waals surface area contributed by atoms with E-state index in [-0.39, 0.29) is 14.5 Å². The van der Waals surface area contributed by atoms with E-state index in [2.05, 4.69) is 23.7 Å². The second-order valence-electron chi connectivity index (χ2n) is 4.70. The molecule has 0 saturated carbocycles. The fourth-order valence-corrected chi connectivity index (χ4v) is 4.58. The Morgan fingerprint density at radius 3 is 2.71 bits per heavy atom. The third-order valence-corrected chi connectivity index (χ3v) is 6.26. The van der Waals surface area contributed by atoms with Crippen LogP contribution in [-0.4, -0.2) is 35.8 Å². The van der Waals surface area contributed by atoms with Crippen molar-refractivity contribution in [3.05, 3.63) is 39.7 Å². The van der Waals surface area contributed by atoms with Gasteiger partial charge in [-0.2, -0.15) is 0 Å². The normalized spacial score (nSPS) is 10.6. The first-order valence-electron chi connectivity index (χ1n) is 6.31. The van der Waals surface area contributed by atoms with Gasteiger partial charge in [0.15, 0.2) is 0 Å². The summed E-state index contributed by atoms with van der Waals surface area (Å²) in [5.74, 6) is -0.899. The first-order valence-corrected chi connectivity index (χ1v) is 8.91. The summed E-state index contributed by atoms with van der Waals surface area (Å²) in [6, 6.07) is 5.68. The van der Waals surface area contributed by atoms with Crippen LogP contribution < -0.4 is 0 Å². The Morgan fingerprint density at radius 1 is 1.48 bits per heavy atom. The molecular weight excluding hydrogens is 351 g/mol. The molecule has 0 aliphatic heterocycles. The molecular formula is C15H14N2O2SSe. The van der Waals surface area contributed by atoms with Crippen LogP contribution in [0.1, 0.15) is 28.8 Å². The zero-order chi connectivity index (χ0) is 15.6. The number of carboxylic acid groups (broad SMARTS) is 1. The number of thioether (sulfide) groups is 1. The molecule has 2 aromatic rings. The van der Waals surface area contributed by atoms with Crippen molar-refractivity contribution in [1.29, 1.82) is 0 Å². The molecule has 1 aromatic heterocycles. The van der Waals surface area contributed by atoms with Crippen molar-refractivity contribution in [2.45, 2.75) is 30.9 Å². The molecule has 1 N–H and O–H groups in total. The Kier molecular flexibility index (Phi) is 4.89. The van der Waals surface area contributed by atoms with Gasteiger partial charge in [0.1, 0.15) is 0 Å². The molecule has 2 rings (SSSR count). The summed E-state index contributed by atoms with van der Waals surface area (Å²) >= 11 is 1.35. The molecule has 0 saturated heterocycles. The Balaban J connectivity index is 2.44. The number of aromatic carboxylic acids is 1. The molecule has 0 spiro atoms. The van der Waals surface area contributed by atoms with Gasteiger partial charge < -0.3 is 0 Å². The summed E-state index contributed by atoms with van der Waals surface area (Å²) < 4.78 is 1.17. The molecule has 108 valence electrons. The average molecular weight is 365 g/mol. The van der Waals surface area contributed by atoms with Crippen molar-refractivity contribution in [3.8, 4) is 10.1 Å². The van der Waals surface area contributed by atoms with Gasteiger partial charge in [-0.15, -0.1) is 0 Å². The number of aryl methyl sites for hydroxylation is 1. The van der Waals surface area contributed by atoms with Crippen molar-refractivity contribution in [3.63, 3.8) is 0 Å². The van der Waals surface area contributed by atoms with Crippen LogP contribution in [0.3, 0.4) is 0 Å². The molecule has 0 aliphatic carbocycles. The molecule has 0 aliphatic rings. The van der Waals surface area contributed by atoms with Gasteiger partial charge in [-0.05, 0) is 0 Å². The minimum absolute atomic E-state index is 0.304. The summed E-state index contributed by atoms with van der Waals surface area (Å²) in [7, 11) is 0. The predicted molar refractivity (Wildman–Crippen MR) is 85.6 cm³/mol. The van der Waals surface area contributed by atoms with Crippen LogP contribution in [0, 0.1) is 13.5 Å². The molecule has 0 unspecified atom stereocenters. The van der Waals surface area contributed by atoms with Crippen LogP contribution in [0.4, 0.5) is 5.69 Å². The minimum atomic E-state index is -0.899. The topological polar surface area (TPSA) is 54.5 Å². The van der Waals surface area contributed by atoms with Crippen LogP contribution in [0.25, 0.3) is 15.0 Å². The van der Waals surface area contributed by atoms with E-state index in [1.54, 1.807) is 18.7 Å². The monoisotopic (exact) mass is 366 g/mol. The molecule has 4 nitrogen and oxygen atoms in total. The van der Waals surface area contributed by atoms with E-state index in [1.807, 2.05) is 18.2 Å². The summed E-state index contributed by atoms with van der Waals surface area (Å²) in [4.78, 5) is 20.0. The quantitative estimate of drug-likeness (QED) is 0.508. The van der Waals surface area contributed by atoms with Crippen molar-refractivity contribution in [2.75, 3.05) is 0 Å². The van der Waals surface area contributed by atoms with E-state index >= 15 is 0 Å². The molecule has 0 fully saturated rings. The first kappa shape index (κ1) is 15.8. The van der Waals surface area contributed by atoms with Crippen LogP contribution in [0.5, 0.6) is 0 Å². The summed E-state index contributed by atoms with van der Waals surface area (Å²) in [5, 5.41) is 9.53. The third kappa shape index (κ3) is 3.56. The fourth-order valence-electron chi connectivity index (χ4n) is 1.81. The SMILES string of the molecule is [C-]#[N+]c1cc(-c2nc(C)c(C(=O)O)[se]2)ccc1SC(C)C. The van der Waals surface area contributed by atoms with Crippen LogP contribution in [-0.2, 0) is 0 Å². The van der Waals surface area contributed by atoms with Gasteiger partial charge in [0.25, 0.3) is 0 Å². The number of hydrogen-bond donors (Lipinski definition) is 1. The third-order valence-electron chi connectivity index (χ3n) is 2.68. The summed E-state index contributed by atoms with van der Waals surface area (Å²) in [6.45, 7) is 13.2. The van der Waals surface area contributed by atoms with Crippen molar-refractivity contribution < 1.29 is 9.90 Å². The van der Waals surface area contributed by atoms with Gasteiger partial charge in [-0.1, -0.05) is 0 Å². The molecule has 0 amide bonds. The van der Waals surface area contributed by atoms with Crippen LogP contribution >= 0.6 is 11.8 Å². The number of benzene rings is 1. The van der Waals surface area contributed by atoms with E-state index in [0.717, 1.165) is 15.0 Å². The Hall–Kier alpha value is -1.54. The summed E-state index contributed by atoms with van der Waals surface area (Å²) in [6.07, 6.45) is 0. The van der Waals surface area contributed by atoms with Crippen molar-refractivity contribution in [1.82, 2.24) is 4.98 Å². The molecule has 1 heterocycles. The van der Waals surface area contributed by atoms with Crippen molar-refractivity contribution in [2.24, 2.45) is 0 Å². The standard InChI is InChI=1S/C15H14N2O2SSe/c1-8(2)20-12-6-5-10(7-11(12)16-4)14-17-9(3)13(21-14)15(18)19/h5-8H,1-3H3,(H,18,19). The Labute approximate surface area is 133 Å². The van der Waals surface area contributed by atoms with E-state index in [9.17, 15) is 4.79 Å². The number of nitrogens with zero attached hydrogens (tertiary/aromatic N) is 2. The number of carbonyl (C=O) groups is 1. The maximum absolute atomic E-state index is 11.1. The number of carboxylic acids is 1. The second-order valence-corrected chi connectivity index (χ2v) is 8.41. The van der Waals surface area contributed by atoms with Crippen LogP contribution in [0.2, 0.25) is 0 Å². The molecule has 1 aromatic carbocycles. The fraction of sp³-hybridized carbons (Fsp3) is 0.267. The van der Waals surface area contributed by atoms with E-state index in [0.29, 0.717) is 21.1 Å². The van der Waals surface area contributed by atoms with Gasteiger partial charge >= 0.3 is 134 Å². The van der Waals surface area contributed by atoms with Gasteiger partial charge in [-0.25, -0.2) is 0 Å². The van der Waals surface area contributed by atoms with Gasteiger partial charge in [0, 0.05) is 0 Å². The first-order chi connectivity index (χ1) is 9.92. The number of aromatic nitrogens is 1. The summed E-state index contributed by atoms with van der Waals surface area (Å²) in [5.41, 5.74) is 2.03. The Bertz CT molecular complexity index is 732. The zero-order valence-corrected chi connectivity index (χ0v) is 14.4. The molecule has 0 radical (unpaired) electrons. The number of rotatable bonds is 4. The Morgan fingerprint density at radius 2 is 2.19 bits per heavy atom. The van der Waals surface area contributed by atoms with Gasteiger partial charge in [0.2, 0.25) is 0 Å². The number of hydrogen-bond acceptors (Lipinski definition) is 3. The molecule has 21 heavy (non-hydrogen) atoms. The van der Waals surface area contributed by atoms with Crippen LogP contribution in [0.15, 0.2) is 23.1 Å². The molecule has 0 bridgehead atoms. The van der Waals surface area contributed by atoms with E-state index in [1.165, 1.54) is 0 Å². The zero-order valence-electron chi connectivity index (χ0n) is 11.9. The van der Waals surface area contributed by atoms with E-state index in [4.69, 9.17) is 11.7 Å². The average Bonchev–Trinajstić information content (AvgIpc) is 2.81. The van der Waals surface area contributed by atoms with Gasteiger partial charge in [0.05, 0.1) is 0 Å². The molecule has 6 heteroatoms. The molecule has 0 atom stereocenters. The van der Waals surface area contributed by atoms with Gasteiger partial charge in [-0.3, -0.25) is 0 Å². The van der Waals surface area contributed by atoms with Crippen molar-refractivity contribution >= 4 is 37.9 Å². The van der Waals surface area contributed by atoms with E-state index < -0.39 is 5.97 Å². The maximum atomic E-state index is 11.1.